The molecule has 0 aliphatic carbocycles. The first kappa shape index (κ1) is 20.7. The maximum atomic E-state index is 13.1. The molecule has 0 atom stereocenters. The Bertz CT molecular complexity index is 1020. The third kappa shape index (κ3) is 5.26. The predicted octanol–water partition coefficient (Wildman–Crippen LogP) is 4.12. The van der Waals surface area contributed by atoms with Crippen LogP contribution in [0.2, 0.25) is 0 Å². The fourth-order valence-electron chi connectivity index (χ4n) is 2.88. The molecule has 0 saturated carbocycles. The number of benzene rings is 2. The van der Waals surface area contributed by atoms with Gasteiger partial charge in [-0.05, 0) is 49.2 Å². The molecule has 1 aromatic heterocycles. The first-order chi connectivity index (χ1) is 14.0. The van der Waals surface area contributed by atoms with Gasteiger partial charge in [-0.1, -0.05) is 25.1 Å². The second-order valence-corrected chi connectivity index (χ2v) is 7.59. The topological polar surface area (TPSA) is 71.1 Å². The molecule has 0 radical (unpaired) electrons. The lowest BCUT2D eigenvalue weighted by molar-refractivity contribution is -0.136. The summed E-state index contributed by atoms with van der Waals surface area (Å²) >= 11 is 1.50. The van der Waals surface area contributed by atoms with E-state index in [1.807, 2.05) is 32.0 Å². The largest absolute Gasteiger partial charge is 0.347 e. The van der Waals surface area contributed by atoms with E-state index in [0.717, 1.165) is 33.1 Å². The van der Waals surface area contributed by atoms with E-state index in [2.05, 4.69) is 15.6 Å². The van der Waals surface area contributed by atoms with Crippen LogP contribution in [0.4, 0.5) is 10.1 Å². The molecule has 0 bridgehead atoms. The quantitative estimate of drug-likeness (QED) is 0.600. The van der Waals surface area contributed by atoms with Crippen molar-refractivity contribution in [2.45, 2.75) is 26.7 Å². The Morgan fingerprint density at radius 2 is 1.79 bits per heavy atom. The number of amides is 2. The van der Waals surface area contributed by atoms with E-state index < -0.39 is 11.8 Å². The summed E-state index contributed by atoms with van der Waals surface area (Å²) in [4.78, 5) is 29.8. The number of anilines is 1. The number of nitrogens with zero attached hydrogens (tertiary/aromatic N) is 1. The summed E-state index contributed by atoms with van der Waals surface area (Å²) < 4.78 is 13.1. The average Bonchev–Trinajstić information content (AvgIpc) is 3.09. The first-order valence-corrected chi connectivity index (χ1v) is 10.2. The van der Waals surface area contributed by atoms with Gasteiger partial charge in [-0.2, -0.15) is 0 Å². The molecule has 2 amide bonds. The van der Waals surface area contributed by atoms with Crippen LogP contribution in [0.25, 0.3) is 10.6 Å². The lowest BCUT2D eigenvalue weighted by Gasteiger charge is -2.09. The summed E-state index contributed by atoms with van der Waals surface area (Å²) in [6, 6.07) is 13.6. The molecule has 0 aliphatic heterocycles. The van der Waals surface area contributed by atoms with Gasteiger partial charge < -0.3 is 10.6 Å². The van der Waals surface area contributed by atoms with E-state index in [1.165, 1.54) is 23.5 Å². The molecule has 150 valence electrons. The van der Waals surface area contributed by atoms with Gasteiger partial charge in [0.15, 0.2) is 0 Å². The van der Waals surface area contributed by atoms with Gasteiger partial charge >= 0.3 is 11.8 Å². The number of halogens is 1. The Hall–Kier alpha value is -3.06. The van der Waals surface area contributed by atoms with Gasteiger partial charge in [0.2, 0.25) is 0 Å². The SMILES string of the molecule is CCc1ccccc1NC(=O)C(=O)NCCc1sc(-c2ccc(F)cc2)nc1C. The number of hydrogen-bond donors (Lipinski definition) is 2. The molecule has 7 heteroatoms. The Labute approximate surface area is 173 Å². The summed E-state index contributed by atoms with van der Waals surface area (Å²) in [6.45, 7) is 4.21. The molecule has 3 aromatic rings. The van der Waals surface area contributed by atoms with Crippen LogP contribution in [-0.2, 0) is 22.4 Å². The van der Waals surface area contributed by atoms with E-state index in [-0.39, 0.29) is 5.82 Å². The summed E-state index contributed by atoms with van der Waals surface area (Å²) in [7, 11) is 0. The Morgan fingerprint density at radius 3 is 2.52 bits per heavy atom. The number of hydrogen-bond acceptors (Lipinski definition) is 4. The van der Waals surface area contributed by atoms with Crippen molar-refractivity contribution in [3.05, 3.63) is 70.5 Å². The highest BCUT2D eigenvalue weighted by molar-refractivity contribution is 7.15. The molecule has 0 saturated heterocycles. The van der Waals surface area contributed by atoms with Crippen molar-refractivity contribution in [2.75, 3.05) is 11.9 Å². The van der Waals surface area contributed by atoms with Gasteiger partial charge in [0.1, 0.15) is 10.8 Å². The van der Waals surface area contributed by atoms with Crippen LogP contribution in [0.3, 0.4) is 0 Å². The molecule has 1 heterocycles. The minimum Gasteiger partial charge on any atom is -0.347 e. The number of aryl methyl sites for hydroxylation is 2. The minimum atomic E-state index is -0.682. The molecule has 2 N–H and O–H groups in total. The highest BCUT2D eigenvalue weighted by Crippen LogP contribution is 2.28. The molecule has 5 nitrogen and oxygen atoms in total. The molecule has 0 fully saturated rings. The molecule has 0 spiro atoms. The van der Waals surface area contributed by atoms with Crippen LogP contribution >= 0.6 is 11.3 Å². The van der Waals surface area contributed by atoms with E-state index in [0.29, 0.717) is 18.7 Å². The second-order valence-electron chi connectivity index (χ2n) is 6.51. The molecule has 3 rings (SSSR count). The smallest absolute Gasteiger partial charge is 0.313 e. The highest BCUT2D eigenvalue weighted by Gasteiger charge is 2.15. The lowest BCUT2D eigenvalue weighted by Crippen LogP contribution is -2.36. The summed E-state index contributed by atoms with van der Waals surface area (Å²) in [5, 5.41) is 6.11. The number of thiazole rings is 1. The van der Waals surface area contributed by atoms with E-state index in [4.69, 9.17) is 0 Å². The van der Waals surface area contributed by atoms with Gasteiger partial charge in [0.05, 0.1) is 5.69 Å². The van der Waals surface area contributed by atoms with Crippen LogP contribution < -0.4 is 10.6 Å². The standard InChI is InChI=1S/C22H22FN3O2S/c1-3-15-6-4-5-7-18(15)26-21(28)20(27)24-13-12-19-14(2)25-22(29-19)16-8-10-17(23)11-9-16/h4-11H,3,12-13H2,1-2H3,(H,24,27)(H,26,28). The van der Waals surface area contributed by atoms with Gasteiger partial charge in [0.25, 0.3) is 0 Å². The normalized spacial score (nSPS) is 10.6. The molecule has 2 aromatic carbocycles. The lowest BCUT2D eigenvalue weighted by atomic mass is 10.1. The maximum absolute atomic E-state index is 13.1. The number of nitrogens with one attached hydrogen (secondary N) is 2. The Balaban J connectivity index is 1.55. The van der Waals surface area contributed by atoms with Crippen molar-refractivity contribution >= 4 is 28.8 Å². The zero-order chi connectivity index (χ0) is 20.8. The molecular weight excluding hydrogens is 389 g/mol. The first-order valence-electron chi connectivity index (χ1n) is 9.37. The van der Waals surface area contributed by atoms with Crippen LogP contribution in [0.15, 0.2) is 48.5 Å². The van der Waals surface area contributed by atoms with Crippen LogP contribution in [0, 0.1) is 12.7 Å². The number of rotatable bonds is 6. The van der Waals surface area contributed by atoms with Crippen molar-refractivity contribution < 1.29 is 14.0 Å². The van der Waals surface area contributed by atoms with Crippen molar-refractivity contribution in [1.29, 1.82) is 0 Å². The molecule has 29 heavy (non-hydrogen) atoms. The third-order valence-corrected chi connectivity index (χ3v) is 5.74. The minimum absolute atomic E-state index is 0.287. The monoisotopic (exact) mass is 411 g/mol. The van der Waals surface area contributed by atoms with E-state index in [9.17, 15) is 14.0 Å². The Kier molecular flexibility index (Phi) is 6.72. The highest BCUT2D eigenvalue weighted by atomic mass is 32.1. The van der Waals surface area contributed by atoms with Crippen LogP contribution in [0.5, 0.6) is 0 Å². The Morgan fingerprint density at radius 1 is 1.07 bits per heavy atom. The molecule has 0 unspecified atom stereocenters. The predicted molar refractivity (Wildman–Crippen MR) is 113 cm³/mol. The number of carbonyl (C=O) groups is 2. The fraction of sp³-hybridized carbons (Fsp3) is 0.227. The van der Waals surface area contributed by atoms with Gasteiger partial charge in [-0.25, -0.2) is 9.37 Å². The molecule has 0 aliphatic rings. The number of para-hydroxylation sites is 1. The van der Waals surface area contributed by atoms with Gasteiger partial charge in [-0.15, -0.1) is 11.3 Å². The van der Waals surface area contributed by atoms with Crippen LogP contribution in [-0.4, -0.2) is 23.3 Å². The van der Waals surface area contributed by atoms with Crippen molar-refractivity contribution in [3.8, 4) is 10.6 Å². The summed E-state index contributed by atoms with van der Waals surface area (Å²) in [5.41, 5.74) is 3.34. The van der Waals surface area contributed by atoms with Crippen molar-refractivity contribution in [1.82, 2.24) is 10.3 Å². The fourth-order valence-corrected chi connectivity index (χ4v) is 3.94. The number of carbonyl (C=O) groups excluding carboxylic acids is 2. The maximum Gasteiger partial charge on any atom is 0.313 e. The van der Waals surface area contributed by atoms with E-state index in [1.54, 1.807) is 18.2 Å². The zero-order valence-electron chi connectivity index (χ0n) is 16.3. The summed E-state index contributed by atoms with van der Waals surface area (Å²) in [5.74, 6) is -1.64. The second kappa shape index (κ2) is 9.43. The number of aromatic nitrogens is 1. The zero-order valence-corrected chi connectivity index (χ0v) is 17.1. The van der Waals surface area contributed by atoms with Crippen molar-refractivity contribution in [3.63, 3.8) is 0 Å². The van der Waals surface area contributed by atoms with Crippen LogP contribution in [0.1, 0.15) is 23.1 Å². The third-order valence-electron chi connectivity index (χ3n) is 4.47. The van der Waals surface area contributed by atoms with Gasteiger partial charge in [-0.3, -0.25) is 9.59 Å². The van der Waals surface area contributed by atoms with Crippen molar-refractivity contribution in [2.24, 2.45) is 0 Å². The average molecular weight is 412 g/mol. The molecular formula is C22H22FN3O2S. The summed E-state index contributed by atoms with van der Waals surface area (Å²) in [6.07, 6.45) is 1.33. The van der Waals surface area contributed by atoms with E-state index >= 15 is 0 Å². The van der Waals surface area contributed by atoms with Gasteiger partial charge in [0, 0.05) is 29.1 Å².